The van der Waals surface area contributed by atoms with Crippen LogP contribution in [0.4, 0.5) is 0 Å². The number of nitrogens with zero attached hydrogens (tertiary/aromatic N) is 1. The highest BCUT2D eigenvalue weighted by Crippen LogP contribution is 1.80. The van der Waals surface area contributed by atoms with E-state index in [-0.39, 0.29) is 18.1 Å². The number of carbonyl (C=O) groups is 1. The number of H-pyrrole nitrogens is 1. The first-order valence-electron chi connectivity index (χ1n) is 4.24. The van der Waals surface area contributed by atoms with Gasteiger partial charge in [0.2, 0.25) is 5.91 Å². The van der Waals surface area contributed by atoms with Crippen molar-refractivity contribution < 1.29 is 4.79 Å². The molecule has 0 aliphatic carbocycles. The molecule has 0 saturated carbocycles. The maximum atomic E-state index is 11.1. The van der Waals surface area contributed by atoms with Crippen LogP contribution in [0, 0.1) is 0 Å². The monoisotopic (exact) mass is 183 g/mol. The molecule has 1 aromatic heterocycles. The van der Waals surface area contributed by atoms with Crippen molar-refractivity contribution in [1.82, 2.24) is 14.9 Å². The second-order valence-corrected chi connectivity index (χ2v) is 2.74. The Morgan fingerprint density at radius 2 is 2.46 bits per heavy atom. The Morgan fingerprint density at radius 1 is 1.69 bits per heavy atom. The van der Waals surface area contributed by atoms with Gasteiger partial charge >= 0.3 is 5.69 Å². The quantitative estimate of drug-likeness (QED) is 0.673. The van der Waals surface area contributed by atoms with Gasteiger partial charge in [-0.2, -0.15) is 0 Å². The zero-order valence-electron chi connectivity index (χ0n) is 7.54. The molecule has 5 nitrogen and oxygen atoms in total. The lowest BCUT2D eigenvalue weighted by molar-refractivity contribution is -0.121. The molecular weight excluding hydrogens is 170 g/mol. The fourth-order valence-electron chi connectivity index (χ4n) is 0.949. The van der Waals surface area contributed by atoms with Gasteiger partial charge in [-0.3, -0.25) is 9.36 Å². The fraction of sp³-hybridized carbons (Fsp3) is 0.500. The molecule has 2 N–H and O–H groups in total. The molecule has 0 radical (unpaired) electrons. The minimum Gasteiger partial charge on any atom is -0.355 e. The van der Waals surface area contributed by atoms with Crippen molar-refractivity contribution in [2.75, 3.05) is 6.54 Å². The second-order valence-electron chi connectivity index (χ2n) is 2.74. The van der Waals surface area contributed by atoms with Gasteiger partial charge in [0.25, 0.3) is 0 Å². The molecule has 1 heterocycles. The summed E-state index contributed by atoms with van der Waals surface area (Å²) in [7, 11) is 0. The summed E-state index contributed by atoms with van der Waals surface area (Å²) in [5.41, 5.74) is -0.258. The van der Waals surface area contributed by atoms with Crippen molar-refractivity contribution in [3.63, 3.8) is 0 Å². The van der Waals surface area contributed by atoms with Gasteiger partial charge in [-0.25, -0.2) is 4.79 Å². The Bertz CT molecular complexity index is 326. The standard InChI is InChI=1S/C8H13N3O2/c1-2-3-9-7(12)6-11-5-4-10-8(11)13/h4-5H,2-3,6H2,1H3,(H,9,12)(H,10,13). The topological polar surface area (TPSA) is 66.9 Å². The third-order valence-corrected chi connectivity index (χ3v) is 1.61. The Morgan fingerprint density at radius 3 is 3.00 bits per heavy atom. The van der Waals surface area contributed by atoms with E-state index in [0.29, 0.717) is 6.54 Å². The average molecular weight is 183 g/mol. The molecule has 0 aromatic carbocycles. The van der Waals surface area contributed by atoms with Crippen molar-refractivity contribution >= 4 is 5.91 Å². The van der Waals surface area contributed by atoms with Crippen LogP contribution in [-0.2, 0) is 11.3 Å². The molecule has 1 rings (SSSR count). The van der Waals surface area contributed by atoms with E-state index in [1.165, 1.54) is 10.8 Å². The van der Waals surface area contributed by atoms with Crippen LogP contribution < -0.4 is 11.0 Å². The van der Waals surface area contributed by atoms with Crippen molar-refractivity contribution in [2.24, 2.45) is 0 Å². The molecule has 5 heteroatoms. The smallest absolute Gasteiger partial charge is 0.325 e. The highest BCUT2D eigenvalue weighted by Gasteiger charge is 2.02. The van der Waals surface area contributed by atoms with E-state index in [4.69, 9.17) is 0 Å². The fourth-order valence-corrected chi connectivity index (χ4v) is 0.949. The van der Waals surface area contributed by atoms with Gasteiger partial charge in [0.15, 0.2) is 0 Å². The minimum absolute atomic E-state index is 0.0856. The normalized spacial score (nSPS) is 9.92. The van der Waals surface area contributed by atoms with Crippen LogP contribution in [0.3, 0.4) is 0 Å². The third kappa shape index (κ3) is 2.77. The van der Waals surface area contributed by atoms with Gasteiger partial charge in [0.1, 0.15) is 6.54 Å². The summed E-state index contributed by atoms with van der Waals surface area (Å²) >= 11 is 0. The number of carbonyl (C=O) groups excluding carboxylic acids is 1. The van der Waals surface area contributed by atoms with Crippen LogP contribution >= 0.6 is 0 Å². The van der Waals surface area contributed by atoms with Crippen LogP contribution in [0.15, 0.2) is 17.2 Å². The van der Waals surface area contributed by atoms with Crippen LogP contribution in [0.2, 0.25) is 0 Å². The lowest BCUT2D eigenvalue weighted by Gasteiger charge is -2.02. The number of hydrogen-bond acceptors (Lipinski definition) is 2. The molecular formula is C8H13N3O2. The molecule has 1 aromatic rings. The highest BCUT2D eigenvalue weighted by molar-refractivity contribution is 5.75. The van der Waals surface area contributed by atoms with Crippen molar-refractivity contribution in [2.45, 2.75) is 19.9 Å². The number of imidazole rings is 1. The van der Waals surface area contributed by atoms with Gasteiger partial charge in [-0.15, -0.1) is 0 Å². The summed E-state index contributed by atoms with van der Waals surface area (Å²) in [6.45, 7) is 2.71. The van der Waals surface area contributed by atoms with E-state index in [2.05, 4.69) is 10.3 Å². The molecule has 72 valence electrons. The highest BCUT2D eigenvalue weighted by atomic mass is 16.2. The Balaban J connectivity index is 2.46. The molecule has 0 saturated heterocycles. The van der Waals surface area contributed by atoms with Crippen LogP contribution in [0.25, 0.3) is 0 Å². The zero-order chi connectivity index (χ0) is 9.68. The minimum atomic E-state index is -0.258. The summed E-state index contributed by atoms with van der Waals surface area (Å²) in [6.07, 6.45) is 3.96. The van der Waals surface area contributed by atoms with E-state index in [1.54, 1.807) is 6.20 Å². The molecule has 0 atom stereocenters. The molecule has 1 amide bonds. The summed E-state index contributed by atoms with van der Waals surface area (Å²) in [5, 5.41) is 2.69. The maximum absolute atomic E-state index is 11.1. The van der Waals surface area contributed by atoms with Gasteiger partial charge in [-0.1, -0.05) is 6.92 Å². The second kappa shape index (κ2) is 4.49. The largest absolute Gasteiger partial charge is 0.355 e. The lowest BCUT2D eigenvalue weighted by atomic mass is 10.4. The van der Waals surface area contributed by atoms with Crippen LogP contribution in [0.1, 0.15) is 13.3 Å². The first-order valence-corrected chi connectivity index (χ1v) is 4.24. The summed E-state index contributed by atoms with van der Waals surface area (Å²) in [6, 6.07) is 0. The Kier molecular flexibility index (Phi) is 3.31. The van der Waals surface area contributed by atoms with Crippen molar-refractivity contribution in [3.8, 4) is 0 Å². The van der Waals surface area contributed by atoms with E-state index in [0.717, 1.165) is 6.42 Å². The molecule has 13 heavy (non-hydrogen) atoms. The number of amides is 1. The predicted molar refractivity (Wildman–Crippen MR) is 48.4 cm³/mol. The third-order valence-electron chi connectivity index (χ3n) is 1.61. The predicted octanol–water partition coefficient (Wildman–Crippen LogP) is -0.297. The Labute approximate surface area is 75.8 Å². The van der Waals surface area contributed by atoms with E-state index in [9.17, 15) is 9.59 Å². The lowest BCUT2D eigenvalue weighted by Crippen LogP contribution is -2.31. The van der Waals surface area contributed by atoms with E-state index in [1.807, 2.05) is 6.92 Å². The number of nitrogens with one attached hydrogen (secondary N) is 2. The summed E-state index contributed by atoms with van der Waals surface area (Å²) in [5.74, 6) is -0.136. The van der Waals surface area contributed by atoms with Gasteiger partial charge in [-0.05, 0) is 6.42 Å². The van der Waals surface area contributed by atoms with Gasteiger partial charge < -0.3 is 10.3 Å². The first-order chi connectivity index (χ1) is 6.24. The molecule has 0 aliphatic rings. The van der Waals surface area contributed by atoms with E-state index >= 15 is 0 Å². The van der Waals surface area contributed by atoms with Crippen molar-refractivity contribution in [3.05, 3.63) is 22.9 Å². The average Bonchev–Trinajstić information content (AvgIpc) is 2.48. The molecule has 0 bridgehead atoms. The molecule has 0 aliphatic heterocycles. The van der Waals surface area contributed by atoms with Crippen LogP contribution in [0.5, 0.6) is 0 Å². The molecule has 0 unspecified atom stereocenters. The zero-order valence-corrected chi connectivity index (χ0v) is 7.54. The first kappa shape index (κ1) is 9.57. The molecule has 0 fully saturated rings. The maximum Gasteiger partial charge on any atom is 0.325 e. The number of aromatic amines is 1. The number of aromatic nitrogens is 2. The van der Waals surface area contributed by atoms with Gasteiger partial charge in [0.05, 0.1) is 0 Å². The molecule has 0 spiro atoms. The van der Waals surface area contributed by atoms with E-state index < -0.39 is 0 Å². The summed E-state index contributed by atoms with van der Waals surface area (Å²) < 4.78 is 1.32. The number of hydrogen-bond donors (Lipinski definition) is 2. The van der Waals surface area contributed by atoms with Crippen LogP contribution in [-0.4, -0.2) is 22.0 Å². The number of rotatable bonds is 4. The summed E-state index contributed by atoms with van der Waals surface area (Å²) in [4.78, 5) is 24.6. The van der Waals surface area contributed by atoms with Gasteiger partial charge in [0, 0.05) is 18.9 Å². The SMILES string of the molecule is CCCNC(=O)Cn1cc[nH]c1=O. The Hall–Kier alpha value is -1.52. The van der Waals surface area contributed by atoms with Crippen molar-refractivity contribution in [1.29, 1.82) is 0 Å².